The number of rotatable bonds is 4. The van der Waals surface area contributed by atoms with Crippen molar-refractivity contribution in [2.75, 3.05) is 31.5 Å². The Labute approximate surface area is 113 Å². The summed E-state index contributed by atoms with van der Waals surface area (Å²) in [6, 6.07) is 2.16. The van der Waals surface area contributed by atoms with Crippen molar-refractivity contribution < 1.29 is 9.32 Å². The van der Waals surface area contributed by atoms with Gasteiger partial charge >= 0.3 is 0 Å². The molecule has 0 aliphatic carbocycles. The molecule has 2 heterocycles. The van der Waals surface area contributed by atoms with Gasteiger partial charge in [0.05, 0.1) is 12.2 Å². The van der Waals surface area contributed by atoms with Crippen molar-refractivity contribution in [1.82, 2.24) is 15.4 Å². The molecule has 0 saturated carbocycles. The molecule has 106 valence electrons. The Balaban J connectivity index is 1.86. The summed E-state index contributed by atoms with van der Waals surface area (Å²) in [5.74, 6) is 0.666. The third-order valence-corrected chi connectivity index (χ3v) is 3.37. The molecule has 19 heavy (non-hydrogen) atoms. The second kappa shape index (κ2) is 6.16. The number of hydrogen-bond acceptors (Lipinski definition) is 5. The summed E-state index contributed by atoms with van der Waals surface area (Å²) >= 11 is 0. The lowest BCUT2D eigenvalue weighted by Gasteiger charge is -2.33. The number of anilines is 1. The van der Waals surface area contributed by atoms with E-state index >= 15 is 0 Å². The van der Waals surface area contributed by atoms with E-state index in [4.69, 9.17) is 4.52 Å². The minimum atomic E-state index is -0.0554. The van der Waals surface area contributed by atoms with Crippen LogP contribution in [0, 0.1) is 0 Å². The fourth-order valence-corrected chi connectivity index (χ4v) is 2.10. The van der Waals surface area contributed by atoms with Crippen LogP contribution in [0.3, 0.4) is 0 Å². The predicted octanol–water partition coefficient (Wildman–Crippen LogP) is 1.03. The van der Waals surface area contributed by atoms with Crippen molar-refractivity contribution in [2.24, 2.45) is 0 Å². The molecular formula is C13H22N4O2. The van der Waals surface area contributed by atoms with E-state index < -0.39 is 0 Å². The molecule has 1 aliphatic rings. The van der Waals surface area contributed by atoms with Crippen LogP contribution in [0.2, 0.25) is 0 Å². The highest BCUT2D eigenvalue weighted by Crippen LogP contribution is 2.17. The summed E-state index contributed by atoms with van der Waals surface area (Å²) in [6.45, 7) is 9.32. The number of nitrogens with one attached hydrogen (secondary N) is 2. The third kappa shape index (κ3) is 3.78. The van der Waals surface area contributed by atoms with Gasteiger partial charge in [-0.25, -0.2) is 0 Å². The number of amides is 1. The monoisotopic (exact) mass is 266 g/mol. The van der Waals surface area contributed by atoms with Gasteiger partial charge in [0.1, 0.15) is 0 Å². The van der Waals surface area contributed by atoms with Gasteiger partial charge in [-0.15, -0.1) is 0 Å². The van der Waals surface area contributed by atoms with Crippen LogP contribution in [-0.2, 0) is 4.79 Å². The maximum absolute atomic E-state index is 11.9. The Kier molecular flexibility index (Phi) is 4.55. The highest BCUT2D eigenvalue weighted by atomic mass is 16.5. The van der Waals surface area contributed by atoms with E-state index in [1.54, 1.807) is 6.07 Å². The van der Waals surface area contributed by atoms with E-state index in [-0.39, 0.29) is 5.91 Å². The summed E-state index contributed by atoms with van der Waals surface area (Å²) in [6.07, 6.45) is 0. The highest BCUT2D eigenvalue weighted by Gasteiger charge is 2.20. The second-order valence-electron chi connectivity index (χ2n) is 5.34. The molecule has 1 fully saturated rings. The number of aromatic nitrogens is 1. The largest absolute Gasteiger partial charge is 0.338 e. The van der Waals surface area contributed by atoms with Crippen molar-refractivity contribution in [1.29, 1.82) is 0 Å². The van der Waals surface area contributed by atoms with Crippen LogP contribution in [0.25, 0.3) is 0 Å². The molecule has 2 rings (SSSR count). The molecule has 1 atom stereocenters. The van der Waals surface area contributed by atoms with Crippen molar-refractivity contribution >= 4 is 11.8 Å². The fourth-order valence-electron chi connectivity index (χ4n) is 2.10. The zero-order chi connectivity index (χ0) is 13.8. The van der Waals surface area contributed by atoms with Crippen molar-refractivity contribution in [2.45, 2.75) is 32.7 Å². The molecule has 1 amide bonds. The molecule has 0 aromatic carbocycles. The Hall–Kier alpha value is -1.40. The van der Waals surface area contributed by atoms with Crippen LogP contribution >= 0.6 is 0 Å². The number of carbonyl (C=O) groups is 1. The van der Waals surface area contributed by atoms with E-state index in [0.717, 1.165) is 25.3 Å². The highest BCUT2D eigenvalue weighted by molar-refractivity contribution is 5.91. The summed E-state index contributed by atoms with van der Waals surface area (Å²) in [4.78, 5) is 14.1. The molecule has 1 aliphatic heterocycles. The van der Waals surface area contributed by atoms with Gasteiger partial charge in [-0.2, -0.15) is 0 Å². The average molecular weight is 266 g/mol. The van der Waals surface area contributed by atoms with Crippen molar-refractivity contribution in [3.8, 4) is 0 Å². The standard InChI is InChI=1S/C13H22N4O2/c1-9(2)11-6-13(19-16-11)15-12(18)8-17-5-4-14-7-10(17)3/h6,9-10,14H,4-5,7-8H2,1-3H3,(H,15,18)/t10-/m1/s1. The fraction of sp³-hybridized carbons (Fsp3) is 0.692. The van der Waals surface area contributed by atoms with E-state index in [2.05, 4.69) is 27.6 Å². The normalized spacial score (nSPS) is 20.7. The van der Waals surface area contributed by atoms with Crippen LogP contribution in [0.5, 0.6) is 0 Å². The molecular weight excluding hydrogens is 244 g/mol. The van der Waals surface area contributed by atoms with Gasteiger partial charge < -0.3 is 9.84 Å². The Bertz CT molecular complexity index is 430. The van der Waals surface area contributed by atoms with E-state index in [1.807, 2.05) is 13.8 Å². The van der Waals surface area contributed by atoms with E-state index in [0.29, 0.717) is 24.4 Å². The minimum absolute atomic E-state index is 0.0554. The average Bonchev–Trinajstić information content (AvgIpc) is 2.80. The molecule has 1 aromatic heterocycles. The lowest BCUT2D eigenvalue weighted by Crippen LogP contribution is -2.51. The summed E-state index contributed by atoms with van der Waals surface area (Å²) in [5, 5.41) is 9.97. The van der Waals surface area contributed by atoms with Gasteiger partial charge in [-0.05, 0) is 12.8 Å². The second-order valence-corrected chi connectivity index (χ2v) is 5.34. The van der Waals surface area contributed by atoms with Crippen LogP contribution in [0.15, 0.2) is 10.6 Å². The molecule has 2 N–H and O–H groups in total. The zero-order valence-corrected chi connectivity index (χ0v) is 11.8. The van der Waals surface area contributed by atoms with Crippen LogP contribution in [-0.4, -0.2) is 48.2 Å². The number of piperazine rings is 1. The smallest absolute Gasteiger partial charge is 0.240 e. The third-order valence-electron chi connectivity index (χ3n) is 3.37. The van der Waals surface area contributed by atoms with Gasteiger partial charge in [0.2, 0.25) is 11.8 Å². The van der Waals surface area contributed by atoms with Crippen LogP contribution in [0.4, 0.5) is 5.88 Å². The predicted molar refractivity (Wildman–Crippen MR) is 73.1 cm³/mol. The summed E-state index contributed by atoms with van der Waals surface area (Å²) in [7, 11) is 0. The maximum atomic E-state index is 11.9. The topological polar surface area (TPSA) is 70.4 Å². The molecule has 0 unspecified atom stereocenters. The molecule has 1 saturated heterocycles. The van der Waals surface area contributed by atoms with Crippen molar-refractivity contribution in [3.05, 3.63) is 11.8 Å². The first-order valence-corrected chi connectivity index (χ1v) is 6.77. The number of hydrogen-bond donors (Lipinski definition) is 2. The lowest BCUT2D eigenvalue weighted by atomic mass is 10.1. The molecule has 0 bridgehead atoms. The van der Waals surface area contributed by atoms with E-state index in [9.17, 15) is 4.79 Å². The Morgan fingerprint density at radius 3 is 3.11 bits per heavy atom. The van der Waals surface area contributed by atoms with Gasteiger partial charge in [0, 0.05) is 31.7 Å². The number of carbonyl (C=O) groups excluding carboxylic acids is 1. The summed E-state index contributed by atoms with van der Waals surface area (Å²) < 4.78 is 5.10. The Morgan fingerprint density at radius 1 is 1.68 bits per heavy atom. The van der Waals surface area contributed by atoms with Gasteiger partial charge in [-0.1, -0.05) is 19.0 Å². The molecule has 1 aromatic rings. The zero-order valence-electron chi connectivity index (χ0n) is 11.8. The van der Waals surface area contributed by atoms with Crippen molar-refractivity contribution in [3.63, 3.8) is 0 Å². The first-order chi connectivity index (χ1) is 9.06. The molecule has 6 heteroatoms. The minimum Gasteiger partial charge on any atom is -0.338 e. The quantitative estimate of drug-likeness (QED) is 0.852. The van der Waals surface area contributed by atoms with Crippen LogP contribution in [0.1, 0.15) is 32.4 Å². The number of nitrogens with zero attached hydrogens (tertiary/aromatic N) is 2. The molecule has 0 spiro atoms. The maximum Gasteiger partial charge on any atom is 0.240 e. The van der Waals surface area contributed by atoms with Gasteiger partial charge in [0.15, 0.2) is 0 Å². The molecule has 6 nitrogen and oxygen atoms in total. The molecule has 0 radical (unpaired) electrons. The van der Waals surface area contributed by atoms with Crippen LogP contribution < -0.4 is 10.6 Å². The Morgan fingerprint density at radius 2 is 2.47 bits per heavy atom. The SMILES string of the molecule is CC(C)c1cc(NC(=O)CN2CCNC[C@H]2C)on1. The first kappa shape index (κ1) is 14.0. The first-order valence-electron chi connectivity index (χ1n) is 6.77. The van der Waals surface area contributed by atoms with Gasteiger partial charge in [0.25, 0.3) is 0 Å². The van der Waals surface area contributed by atoms with Gasteiger partial charge in [-0.3, -0.25) is 15.0 Å². The van der Waals surface area contributed by atoms with E-state index in [1.165, 1.54) is 0 Å². The summed E-state index contributed by atoms with van der Waals surface area (Å²) in [5.41, 5.74) is 0.853. The lowest BCUT2D eigenvalue weighted by molar-refractivity contribution is -0.118.